The maximum atomic E-state index is 10.7. The van der Waals surface area contributed by atoms with Crippen LogP contribution in [0.1, 0.15) is 68.6 Å². The van der Waals surface area contributed by atoms with Crippen LogP contribution in [0, 0.1) is 0 Å². The Morgan fingerprint density at radius 1 is 0.373 bits per heavy atom. The Balaban J connectivity index is 1.42. The van der Waals surface area contributed by atoms with Gasteiger partial charge in [0.1, 0.15) is 64.0 Å². The molecule has 51 heavy (non-hydrogen) atoms. The van der Waals surface area contributed by atoms with Crippen LogP contribution in [0.2, 0.25) is 0 Å². The van der Waals surface area contributed by atoms with Crippen molar-refractivity contribution in [2.75, 3.05) is 0 Å². The first-order valence-corrected chi connectivity index (χ1v) is 16.3. The molecule has 7 N–H and O–H groups in total. The summed E-state index contributed by atoms with van der Waals surface area (Å²) in [5.74, 6) is -0.409. The van der Waals surface area contributed by atoms with E-state index in [0.29, 0.717) is 28.2 Å². The van der Waals surface area contributed by atoms with E-state index >= 15 is 0 Å². The van der Waals surface area contributed by atoms with Gasteiger partial charge >= 0.3 is 0 Å². The van der Waals surface area contributed by atoms with Gasteiger partial charge in [0.05, 0.1) is 11.8 Å². The lowest BCUT2D eigenvalue weighted by Crippen LogP contribution is -2.14. The van der Waals surface area contributed by atoms with E-state index in [1.165, 1.54) is 12.1 Å². The molecule has 2 aliphatic heterocycles. The summed E-state index contributed by atoms with van der Waals surface area (Å²) in [5.41, 5.74) is 5.59. The van der Waals surface area contributed by atoms with E-state index in [0.717, 1.165) is 27.8 Å². The van der Waals surface area contributed by atoms with Crippen molar-refractivity contribution in [1.29, 1.82) is 0 Å². The van der Waals surface area contributed by atoms with Crippen molar-refractivity contribution in [2.45, 2.75) is 24.0 Å². The van der Waals surface area contributed by atoms with E-state index in [4.69, 9.17) is 9.47 Å². The zero-order valence-electron chi connectivity index (χ0n) is 26.9. The van der Waals surface area contributed by atoms with Crippen molar-refractivity contribution in [2.24, 2.45) is 0 Å². The average molecular weight is 681 g/mol. The fourth-order valence-electron chi connectivity index (χ4n) is 7.31. The van der Waals surface area contributed by atoms with E-state index in [9.17, 15) is 35.7 Å². The van der Waals surface area contributed by atoms with E-state index in [1.807, 2.05) is 18.2 Å². The van der Waals surface area contributed by atoms with E-state index in [1.54, 1.807) is 97.1 Å². The molecule has 0 unspecified atom stereocenters. The molecule has 0 bridgehead atoms. The molecule has 0 saturated heterocycles. The van der Waals surface area contributed by atoms with Crippen LogP contribution in [0.25, 0.3) is 12.2 Å². The highest BCUT2D eigenvalue weighted by atomic mass is 16.5. The molecule has 9 heteroatoms. The third-order valence-corrected chi connectivity index (χ3v) is 9.46. The third-order valence-electron chi connectivity index (χ3n) is 9.46. The van der Waals surface area contributed by atoms with Crippen LogP contribution in [0.4, 0.5) is 0 Å². The number of ether oxygens (including phenoxy) is 2. The molecule has 254 valence electrons. The summed E-state index contributed by atoms with van der Waals surface area (Å²) < 4.78 is 13.5. The first-order valence-electron chi connectivity index (χ1n) is 16.3. The molecule has 2 aliphatic rings. The number of rotatable bonds is 6. The summed E-state index contributed by atoms with van der Waals surface area (Å²) >= 11 is 0. The van der Waals surface area contributed by atoms with Gasteiger partial charge in [0, 0.05) is 29.3 Å². The zero-order chi connectivity index (χ0) is 35.4. The molecule has 0 spiro atoms. The predicted octanol–water partition coefficient (Wildman–Crippen LogP) is 8.33. The molecule has 6 aromatic carbocycles. The van der Waals surface area contributed by atoms with Gasteiger partial charge in [0.25, 0.3) is 0 Å². The van der Waals surface area contributed by atoms with Crippen molar-refractivity contribution < 1.29 is 45.2 Å². The van der Waals surface area contributed by atoms with Crippen LogP contribution < -0.4 is 9.47 Å². The minimum absolute atomic E-state index is 0.0863. The Kier molecular flexibility index (Phi) is 7.60. The quantitative estimate of drug-likeness (QED) is 0.0858. The Bertz CT molecular complexity index is 2120. The molecule has 0 aromatic heterocycles. The van der Waals surface area contributed by atoms with Crippen LogP contribution in [-0.4, -0.2) is 35.7 Å². The molecule has 0 amide bonds. The Labute approximate surface area is 292 Å². The predicted molar refractivity (Wildman–Crippen MR) is 190 cm³/mol. The van der Waals surface area contributed by atoms with Gasteiger partial charge in [-0.15, -0.1) is 0 Å². The van der Waals surface area contributed by atoms with Crippen molar-refractivity contribution in [3.8, 4) is 51.7 Å². The second-order valence-corrected chi connectivity index (χ2v) is 12.8. The summed E-state index contributed by atoms with van der Waals surface area (Å²) in [6, 6.07) is 30.7. The van der Waals surface area contributed by atoms with Gasteiger partial charge in [-0.25, -0.2) is 0 Å². The number of hydrogen-bond donors (Lipinski definition) is 7. The average Bonchev–Trinajstić information content (AvgIpc) is 3.66. The van der Waals surface area contributed by atoms with E-state index in [-0.39, 0.29) is 40.2 Å². The molecule has 0 fully saturated rings. The number of hydrogen-bond acceptors (Lipinski definition) is 9. The minimum atomic E-state index is -0.652. The molecule has 4 atom stereocenters. The van der Waals surface area contributed by atoms with Crippen LogP contribution in [0.15, 0.2) is 115 Å². The lowest BCUT2D eigenvalue weighted by Gasteiger charge is -2.24. The molecule has 2 heterocycles. The van der Waals surface area contributed by atoms with Gasteiger partial charge in [0.15, 0.2) is 0 Å². The number of benzene rings is 6. The van der Waals surface area contributed by atoms with Crippen LogP contribution in [0.5, 0.6) is 51.7 Å². The second kappa shape index (κ2) is 12.3. The first-order chi connectivity index (χ1) is 24.6. The van der Waals surface area contributed by atoms with Gasteiger partial charge in [-0.3, -0.25) is 0 Å². The highest BCUT2D eigenvalue weighted by Crippen LogP contribution is 2.60. The lowest BCUT2D eigenvalue weighted by atomic mass is 9.77. The molecule has 0 aliphatic carbocycles. The SMILES string of the molecule is Oc1ccc(C=Cc2c3c(cc4c2[C@@H](c2cc(O)cc(O)c2)[C@H](c2ccc(O)cc2)O4)O[C@H](c2ccc(O)cc2)[C@H]3c2cc(O)cc(O)c2)cc1. The molecule has 9 nitrogen and oxygen atoms in total. The highest BCUT2D eigenvalue weighted by Gasteiger charge is 2.45. The molecular weight excluding hydrogens is 648 g/mol. The standard InChI is InChI=1S/C42H32O9/c43-27-8-1-22(2-9-27)3-14-34-39-35(50-41(23-4-10-28(44)11-5-23)37(39)25-15-30(46)19-31(47)16-25)21-36-40(34)38(26-17-32(48)20-33(49)18-26)42(51-36)24-6-12-29(45)13-7-24/h1-21,37-38,41-49H/t37-,38+,41+,42-. The van der Waals surface area contributed by atoms with Gasteiger partial charge in [-0.1, -0.05) is 48.6 Å². The van der Waals surface area contributed by atoms with Crippen LogP contribution in [0.3, 0.4) is 0 Å². The van der Waals surface area contributed by atoms with Crippen LogP contribution in [-0.2, 0) is 0 Å². The summed E-state index contributed by atoms with van der Waals surface area (Å²) in [4.78, 5) is 0. The van der Waals surface area contributed by atoms with Gasteiger partial charge in [0.2, 0.25) is 0 Å². The number of fused-ring (bicyclic) bond motifs is 2. The van der Waals surface area contributed by atoms with E-state index < -0.39 is 24.0 Å². The maximum Gasteiger partial charge on any atom is 0.135 e. The second-order valence-electron chi connectivity index (χ2n) is 12.8. The molecule has 8 rings (SSSR count). The summed E-state index contributed by atoms with van der Waals surface area (Å²) in [6.45, 7) is 0. The third kappa shape index (κ3) is 5.84. The van der Waals surface area contributed by atoms with Gasteiger partial charge in [-0.2, -0.15) is 0 Å². The Hall–Kier alpha value is -6.74. The fourth-order valence-corrected chi connectivity index (χ4v) is 7.31. The number of aromatic hydroxyl groups is 7. The van der Waals surface area contributed by atoms with Crippen molar-refractivity contribution >= 4 is 12.2 Å². The number of phenolic OH excluding ortho intramolecular Hbond substituents is 7. The van der Waals surface area contributed by atoms with Crippen molar-refractivity contribution in [1.82, 2.24) is 0 Å². The summed E-state index contributed by atoms with van der Waals surface area (Å²) in [7, 11) is 0. The zero-order valence-corrected chi connectivity index (χ0v) is 26.9. The molecule has 6 aromatic rings. The topological polar surface area (TPSA) is 160 Å². The largest absolute Gasteiger partial charge is 0.508 e. The normalized spacial score (nSPS) is 19.0. The number of phenols is 7. The van der Waals surface area contributed by atoms with Crippen molar-refractivity contribution in [3.63, 3.8) is 0 Å². The molecule has 0 saturated carbocycles. The fraction of sp³-hybridized carbons (Fsp3) is 0.0952. The van der Waals surface area contributed by atoms with Crippen molar-refractivity contribution in [3.05, 3.63) is 160 Å². The highest BCUT2D eigenvalue weighted by molar-refractivity contribution is 5.80. The summed E-state index contributed by atoms with van der Waals surface area (Å²) in [5, 5.41) is 72.8. The first kappa shape index (κ1) is 31.5. The molecule has 0 radical (unpaired) electrons. The Morgan fingerprint density at radius 2 is 0.745 bits per heavy atom. The van der Waals surface area contributed by atoms with E-state index in [2.05, 4.69) is 0 Å². The smallest absolute Gasteiger partial charge is 0.135 e. The van der Waals surface area contributed by atoms with Crippen LogP contribution >= 0.6 is 0 Å². The maximum absolute atomic E-state index is 10.7. The van der Waals surface area contributed by atoms with Gasteiger partial charge < -0.3 is 45.2 Å². The monoisotopic (exact) mass is 680 g/mol. The summed E-state index contributed by atoms with van der Waals surface area (Å²) in [6.07, 6.45) is 2.52. The van der Waals surface area contributed by atoms with Gasteiger partial charge in [-0.05, 0) is 94.0 Å². The lowest BCUT2D eigenvalue weighted by molar-refractivity contribution is 0.212. The molecular formula is C42H32O9. The Morgan fingerprint density at radius 3 is 1.14 bits per heavy atom. The minimum Gasteiger partial charge on any atom is -0.508 e.